The monoisotopic (exact) mass is 521 g/mol. The molecule has 0 saturated heterocycles. The van der Waals surface area contributed by atoms with E-state index in [-0.39, 0.29) is 0 Å². The molecule has 39 heavy (non-hydrogen) atoms. The molecule has 0 aliphatic carbocycles. The highest BCUT2D eigenvalue weighted by Gasteiger charge is 2.34. The molecule has 0 unspecified atom stereocenters. The molecule has 0 N–H and O–H groups in total. The summed E-state index contributed by atoms with van der Waals surface area (Å²) in [5, 5.41) is 0. The van der Waals surface area contributed by atoms with Gasteiger partial charge in [-0.2, -0.15) is 0 Å². The lowest BCUT2D eigenvalue weighted by Gasteiger charge is -2.26. The van der Waals surface area contributed by atoms with Gasteiger partial charge in [-0.25, -0.2) is 0 Å². The van der Waals surface area contributed by atoms with Crippen molar-refractivity contribution >= 4 is 13.0 Å². The van der Waals surface area contributed by atoms with Crippen LogP contribution in [0.5, 0.6) is 17.2 Å². The molecule has 202 valence electrons. The largest absolute Gasteiger partial charge is 0.864 e. The highest BCUT2D eigenvalue weighted by Crippen LogP contribution is 2.36. The lowest BCUT2D eigenvalue weighted by atomic mass is 9.98. The molecule has 0 bridgehead atoms. The van der Waals surface area contributed by atoms with Gasteiger partial charge in [-0.15, -0.1) is 0 Å². The Morgan fingerprint density at radius 3 is 1.56 bits per heavy atom. The quantitative estimate of drug-likeness (QED) is 0.209. The van der Waals surface area contributed by atoms with Gasteiger partial charge in [-0.05, 0) is 99.9 Å². The van der Waals surface area contributed by atoms with Crippen molar-refractivity contribution in [3.05, 3.63) is 117 Å². The first-order valence-electron chi connectivity index (χ1n) is 13.5. The molecule has 4 aromatic carbocycles. The van der Waals surface area contributed by atoms with Crippen LogP contribution in [0.25, 0.3) is 0 Å². The summed E-state index contributed by atoms with van der Waals surface area (Å²) in [5.41, 5.74) is 11.3. The fourth-order valence-corrected chi connectivity index (χ4v) is 5.45. The summed E-state index contributed by atoms with van der Waals surface area (Å²) in [7, 11) is 3.10. The molecule has 4 rings (SSSR count). The molecule has 4 nitrogen and oxygen atoms in total. The summed E-state index contributed by atoms with van der Waals surface area (Å²) < 4.78 is 19.6. The predicted octanol–water partition coefficient (Wildman–Crippen LogP) is 8.02. The zero-order valence-corrected chi connectivity index (χ0v) is 24.8. The molecule has 0 saturated carbocycles. The second-order valence-electron chi connectivity index (χ2n) is 10.9. The fraction of sp³-hybridized carbons (Fsp3) is 0.294. The van der Waals surface area contributed by atoms with Crippen molar-refractivity contribution < 1.29 is 14.0 Å². The molecular formula is C34H40BNO3. The first-order valence-corrected chi connectivity index (χ1v) is 13.5. The number of hydrogen-bond donors (Lipinski definition) is 0. The summed E-state index contributed by atoms with van der Waals surface area (Å²) in [6.45, 7) is 14.6. The number of nitrogens with zero attached hydrogens (tertiary/aromatic N) is 1. The molecule has 0 aromatic heterocycles. The van der Waals surface area contributed by atoms with Crippen molar-refractivity contribution in [2.24, 2.45) is 0 Å². The highest BCUT2D eigenvalue weighted by atomic mass is 16.7. The first-order chi connectivity index (χ1) is 18.5. The van der Waals surface area contributed by atoms with E-state index in [1.807, 2.05) is 26.2 Å². The molecule has 0 aliphatic heterocycles. The van der Waals surface area contributed by atoms with Crippen molar-refractivity contribution in [2.45, 2.75) is 54.9 Å². The Morgan fingerprint density at radius 1 is 0.615 bits per heavy atom. The van der Waals surface area contributed by atoms with E-state index in [0.29, 0.717) is 5.75 Å². The maximum atomic E-state index is 6.60. The Bertz CT molecular complexity index is 1360. The lowest BCUT2D eigenvalue weighted by molar-refractivity contribution is 0.304. The molecular weight excluding hydrogens is 481 g/mol. The predicted molar refractivity (Wildman–Crippen MR) is 164 cm³/mol. The lowest BCUT2D eigenvalue weighted by Crippen LogP contribution is -2.38. The van der Waals surface area contributed by atoms with E-state index in [4.69, 9.17) is 14.0 Å². The van der Waals surface area contributed by atoms with Gasteiger partial charge in [0.2, 0.25) is 0 Å². The summed E-state index contributed by atoms with van der Waals surface area (Å²) >= 11 is 0. The van der Waals surface area contributed by atoms with Crippen LogP contribution in [0.2, 0.25) is 0 Å². The summed E-state index contributed by atoms with van der Waals surface area (Å²) in [6.07, 6.45) is 0.855. The number of hydrogen-bond acceptors (Lipinski definition) is 4. The third-order valence-corrected chi connectivity index (χ3v) is 7.05. The van der Waals surface area contributed by atoms with E-state index >= 15 is 0 Å². The third kappa shape index (κ3) is 6.59. The van der Waals surface area contributed by atoms with Crippen molar-refractivity contribution in [2.75, 3.05) is 19.0 Å². The second kappa shape index (κ2) is 11.9. The van der Waals surface area contributed by atoms with Crippen LogP contribution >= 0.6 is 0 Å². The van der Waals surface area contributed by atoms with Crippen molar-refractivity contribution in [1.29, 1.82) is 0 Å². The van der Waals surface area contributed by atoms with Crippen LogP contribution in [0, 0.1) is 48.5 Å². The van der Waals surface area contributed by atoms with Gasteiger partial charge in [0.1, 0.15) is 17.2 Å². The topological polar surface area (TPSA) is 30.9 Å². The minimum absolute atomic E-state index is 0.712. The second-order valence-corrected chi connectivity index (χ2v) is 10.9. The average molecular weight is 522 g/mol. The van der Waals surface area contributed by atoms with E-state index in [2.05, 4.69) is 108 Å². The van der Waals surface area contributed by atoms with E-state index in [0.717, 1.165) is 45.9 Å². The van der Waals surface area contributed by atoms with Gasteiger partial charge in [-0.1, -0.05) is 71.8 Å². The SMILES string of the molecule is Cc1cc(C)c(OB(Oc2ccc(Cc3ccccc3)c(C)c2N(C)C)Oc2c(C)cc(C)cc2C)c(C)c1. The van der Waals surface area contributed by atoms with E-state index in [1.165, 1.54) is 27.8 Å². The minimum atomic E-state index is -0.983. The molecule has 0 heterocycles. The van der Waals surface area contributed by atoms with Gasteiger partial charge in [0.15, 0.2) is 0 Å². The smallest absolute Gasteiger partial charge is 0.489 e. The standard InChI is InChI=1S/C34H40BNO3/c1-22-17-24(3)33(25(4)18-22)38-35(39-34-26(5)19-23(2)20-27(34)6)37-31-16-15-30(28(7)32(31)36(8)9)21-29-13-11-10-12-14-29/h10-20H,21H2,1-9H3. The maximum Gasteiger partial charge on any atom is 0.864 e. The van der Waals surface area contributed by atoms with Crippen molar-refractivity contribution in [3.63, 3.8) is 0 Å². The van der Waals surface area contributed by atoms with Crippen LogP contribution in [-0.4, -0.2) is 21.4 Å². The van der Waals surface area contributed by atoms with E-state index in [1.54, 1.807) is 0 Å². The molecule has 0 spiro atoms. The van der Waals surface area contributed by atoms with Gasteiger partial charge in [-0.3, -0.25) is 0 Å². The van der Waals surface area contributed by atoms with Crippen molar-refractivity contribution in [1.82, 2.24) is 0 Å². The van der Waals surface area contributed by atoms with Crippen LogP contribution in [-0.2, 0) is 6.42 Å². The Morgan fingerprint density at radius 2 is 1.10 bits per heavy atom. The third-order valence-electron chi connectivity index (χ3n) is 7.05. The number of anilines is 1. The summed E-state index contributed by atoms with van der Waals surface area (Å²) in [4.78, 5) is 2.10. The van der Waals surface area contributed by atoms with Crippen LogP contribution in [0.15, 0.2) is 66.7 Å². The van der Waals surface area contributed by atoms with E-state index in [9.17, 15) is 0 Å². The zero-order valence-electron chi connectivity index (χ0n) is 24.8. The normalized spacial score (nSPS) is 10.8. The zero-order chi connectivity index (χ0) is 28.3. The maximum absolute atomic E-state index is 6.60. The molecule has 0 fully saturated rings. The fourth-order valence-electron chi connectivity index (χ4n) is 5.45. The number of rotatable bonds is 9. The van der Waals surface area contributed by atoms with Crippen LogP contribution in [0.3, 0.4) is 0 Å². The Labute approximate surface area is 234 Å². The Kier molecular flexibility index (Phi) is 8.59. The van der Waals surface area contributed by atoms with Crippen LogP contribution in [0.4, 0.5) is 5.69 Å². The number of benzene rings is 4. The summed E-state index contributed by atoms with van der Waals surface area (Å²) in [5.74, 6) is 2.26. The molecule has 4 aromatic rings. The van der Waals surface area contributed by atoms with Crippen LogP contribution in [0.1, 0.15) is 50.1 Å². The molecule has 0 atom stereocenters. The number of aryl methyl sites for hydroxylation is 6. The van der Waals surface area contributed by atoms with Gasteiger partial charge in [0.05, 0.1) is 5.69 Å². The molecule has 0 amide bonds. The highest BCUT2D eigenvalue weighted by molar-refractivity contribution is 6.40. The summed E-state index contributed by atoms with van der Waals surface area (Å²) in [6, 6.07) is 23.2. The molecule has 0 aliphatic rings. The average Bonchev–Trinajstić information content (AvgIpc) is 2.85. The van der Waals surface area contributed by atoms with Gasteiger partial charge in [0, 0.05) is 14.1 Å². The van der Waals surface area contributed by atoms with Gasteiger partial charge in [0.25, 0.3) is 0 Å². The molecule has 5 heteroatoms. The van der Waals surface area contributed by atoms with Gasteiger partial charge >= 0.3 is 7.32 Å². The Hall–Kier alpha value is -3.86. The van der Waals surface area contributed by atoms with E-state index < -0.39 is 7.32 Å². The van der Waals surface area contributed by atoms with Gasteiger partial charge < -0.3 is 18.9 Å². The molecule has 0 radical (unpaired) electrons. The van der Waals surface area contributed by atoms with Crippen molar-refractivity contribution in [3.8, 4) is 17.2 Å². The minimum Gasteiger partial charge on any atom is -0.489 e. The Balaban J connectivity index is 1.74. The van der Waals surface area contributed by atoms with Crippen LogP contribution < -0.4 is 18.9 Å². The first kappa shape index (κ1) is 28.2.